The fourth-order valence-electron chi connectivity index (χ4n) is 3.48. The van der Waals surface area contributed by atoms with Crippen LogP contribution in [0, 0.1) is 13.8 Å². The Hall–Kier alpha value is -2.64. The lowest BCUT2D eigenvalue weighted by molar-refractivity contribution is -0.126. The van der Waals surface area contributed by atoms with Crippen molar-refractivity contribution in [1.29, 1.82) is 0 Å². The lowest BCUT2D eigenvalue weighted by Crippen LogP contribution is -2.48. The molecule has 0 spiro atoms. The average molecular weight is 428 g/mol. The summed E-state index contributed by atoms with van der Waals surface area (Å²) in [6.07, 6.45) is 3.29. The van der Waals surface area contributed by atoms with Gasteiger partial charge < -0.3 is 9.80 Å². The SMILES string of the molecule is Cc1cccc(N2CCN(C(=O)/C=C/c3ccc(S(=O)(=O)N(C)C)cc3)CC2)c1C. The molecule has 1 aliphatic heterocycles. The van der Waals surface area contributed by atoms with Gasteiger partial charge in [0.15, 0.2) is 0 Å². The molecule has 0 aliphatic carbocycles. The molecule has 7 heteroatoms. The van der Waals surface area contributed by atoms with Gasteiger partial charge in [-0.15, -0.1) is 0 Å². The predicted octanol–water partition coefficient (Wildman–Crippen LogP) is 2.92. The molecule has 1 heterocycles. The molecular formula is C23H29N3O3S. The topological polar surface area (TPSA) is 60.9 Å². The Labute approximate surface area is 179 Å². The molecule has 2 aromatic carbocycles. The summed E-state index contributed by atoms with van der Waals surface area (Å²) in [7, 11) is -0.443. The van der Waals surface area contributed by atoms with E-state index in [0.717, 1.165) is 18.7 Å². The first kappa shape index (κ1) is 22.1. The first-order valence-electron chi connectivity index (χ1n) is 10.0. The Balaban J connectivity index is 1.59. The second-order valence-corrected chi connectivity index (χ2v) is 9.87. The van der Waals surface area contributed by atoms with Crippen LogP contribution in [0.3, 0.4) is 0 Å². The quantitative estimate of drug-likeness (QED) is 0.689. The molecule has 1 fully saturated rings. The predicted molar refractivity (Wildman–Crippen MR) is 121 cm³/mol. The molecule has 0 unspecified atom stereocenters. The highest BCUT2D eigenvalue weighted by molar-refractivity contribution is 7.89. The Morgan fingerprint density at radius 2 is 1.60 bits per heavy atom. The van der Waals surface area contributed by atoms with Gasteiger partial charge in [0.1, 0.15) is 0 Å². The number of hydrogen-bond acceptors (Lipinski definition) is 4. The van der Waals surface area contributed by atoms with Crippen molar-refractivity contribution in [3.63, 3.8) is 0 Å². The maximum absolute atomic E-state index is 12.6. The van der Waals surface area contributed by atoms with Gasteiger partial charge in [0.2, 0.25) is 15.9 Å². The average Bonchev–Trinajstić information content (AvgIpc) is 2.74. The summed E-state index contributed by atoms with van der Waals surface area (Å²) in [5, 5.41) is 0. The lowest BCUT2D eigenvalue weighted by Gasteiger charge is -2.36. The van der Waals surface area contributed by atoms with Gasteiger partial charge >= 0.3 is 0 Å². The molecule has 3 rings (SSSR count). The van der Waals surface area contributed by atoms with Crippen molar-refractivity contribution in [3.05, 3.63) is 65.2 Å². The van der Waals surface area contributed by atoms with E-state index >= 15 is 0 Å². The molecule has 0 aromatic heterocycles. The van der Waals surface area contributed by atoms with Crippen molar-refractivity contribution in [2.24, 2.45) is 0 Å². The van der Waals surface area contributed by atoms with Gasteiger partial charge in [0.25, 0.3) is 0 Å². The van der Waals surface area contributed by atoms with Crippen LogP contribution in [0.25, 0.3) is 6.08 Å². The number of piperazine rings is 1. The summed E-state index contributed by atoms with van der Waals surface area (Å²) in [6.45, 7) is 7.22. The molecule has 0 saturated carbocycles. The summed E-state index contributed by atoms with van der Waals surface area (Å²) in [6, 6.07) is 12.9. The number of carbonyl (C=O) groups is 1. The van der Waals surface area contributed by atoms with E-state index in [1.54, 1.807) is 36.4 Å². The first-order chi connectivity index (χ1) is 14.2. The van der Waals surface area contributed by atoms with E-state index in [0.29, 0.717) is 13.1 Å². The van der Waals surface area contributed by atoms with Crippen LogP contribution in [-0.2, 0) is 14.8 Å². The molecule has 1 aliphatic rings. The van der Waals surface area contributed by atoms with Crippen LogP contribution < -0.4 is 4.90 Å². The van der Waals surface area contributed by atoms with E-state index in [9.17, 15) is 13.2 Å². The van der Waals surface area contributed by atoms with E-state index < -0.39 is 10.0 Å². The standard InChI is InChI=1S/C23H29N3O3S/c1-18-6-5-7-22(19(18)2)25-14-16-26(17-15-25)23(27)13-10-20-8-11-21(12-9-20)30(28,29)24(3)4/h5-13H,14-17H2,1-4H3/b13-10+. The number of carbonyl (C=O) groups excluding carboxylic acids is 1. The number of anilines is 1. The minimum Gasteiger partial charge on any atom is -0.368 e. The molecule has 0 radical (unpaired) electrons. The largest absolute Gasteiger partial charge is 0.368 e. The number of benzene rings is 2. The second kappa shape index (κ2) is 9.02. The summed E-state index contributed by atoms with van der Waals surface area (Å²) in [5.41, 5.74) is 4.59. The van der Waals surface area contributed by atoms with E-state index in [-0.39, 0.29) is 10.8 Å². The zero-order chi connectivity index (χ0) is 21.9. The lowest BCUT2D eigenvalue weighted by atomic mass is 10.1. The Morgan fingerprint density at radius 1 is 0.967 bits per heavy atom. The highest BCUT2D eigenvalue weighted by atomic mass is 32.2. The van der Waals surface area contributed by atoms with Gasteiger partial charge in [-0.3, -0.25) is 4.79 Å². The molecule has 6 nitrogen and oxygen atoms in total. The highest BCUT2D eigenvalue weighted by Gasteiger charge is 2.21. The zero-order valence-corrected chi connectivity index (χ0v) is 18.8. The summed E-state index contributed by atoms with van der Waals surface area (Å²) in [5.74, 6) is -0.0272. The van der Waals surface area contributed by atoms with Gasteiger partial charge in [-0.05, 0) is 54.8 Å². The number of amides is 1. The number of rotatable bonds is 5. The van der Waals surface area contributed by atoms with Crippen molar-refractivity contribution in [2.75, 3.05) is 45.2 Å². The van der Waals surface area contributed by atoms with Crippen LogP contribution >= 0.6 is 0 Å². The molecule has 0 atom stereocenters. The third-order valence-corrected chi connectivity index (χ3v) is 7.41. The van der Waals surface area contributed by atoms with E-state index in [1.165, 1.54) is 35.2 Å². The molecule has 0 N–H and O–H groups in total. The number of sulfonamides is 1. The Morgan fingerprint density at radius 3 is 2.20 bits per heavy atom. The van der Waals surface area contributed by atoms with Crippen molar-refractivity contribution in [2.45, 2.75) is 18.7 Å². The van der Waals surface area contributed by atoms with Gasteiger partial charge in [0.05, 0.1) is 4.90 Å². The monoisotopic (exact) mass is 427 g/mol. The van der Waals surface area contributed by atoms with Crippen LogP contribution in [0.1, 0.15) is 16.7 Å². The maximum atomic E-state index is 12.6. The molecule has 0 bridgehead atoms. The summed E-state index contributed by atoms with van der Waals surface area (Å²) < 4.78 is 25.4. The highest BCUT2D eigenvalue weighted by Crippen LogP contribution is 2.24. The van der Waals surface area contributed by atoms with Crippen LogP contribution in [0.2, 0.25) is 0 Å². The van der Waals surface area contributed by atoms with Gasteiger partial charge in [0, 0.05) is 52.0 Å². The third kappa shape index (κ3) is 4.74. The van der Waals surface area contributed by atoms with Gasteiger partial charge in [-0.1, -0.05) is 24.3 Å². The van der Waals surface area contributed by atoms with Crippen LogP contribution in [0.5, 0.6) is 0 Å². The van der Waals surface area contributed by atoms with Crippen LogP contribution in [0.15, 0.2) is 53.4 Å². The van der Waals surface area contributed by atoms with E-state index in [1.807, 2.05) is 4.90 Å². The first-order valence-corrected chi connectivity index (χ1v) is 11.4. The van der Waals surface area contributed by atoms with Crippen molar-refractivity contribution in [3.8, 4) is 0 Å². The maximum Gasteiger partial charge on any atom is 0.246 e. The molecule has 1 amide bonds. The minimum atomic E-state index is -3.45. The molecule has 1 saturated heterocycles. The van der Waals surface area contributed by atoms with E-state index in [4.69, 9.17) is 0 Å². The smallest absolute Gasteiger partial charge is 0.246 e. The molecule has 30 heavy (non-hydrogen) atoms. The van der Waals surface area contributed by atoms with Crippen molar-refractivity contribution < 1.29 is 13.2 Å². The number of nitrogens with zero attached hydrogens (tertiary/aromatic N) is 3. The second-order valence-electron chi connectivity index (χ2n) is 7.72. The molecular weight excluding hydrogens is 398 g/mol. The number of aryl methyl sites for hydroxylation is 1. The van der Waals surface area contributed by atoms with Gasteiger partial charge in [-0.25, -0.2) is 12.7 Å². The van der Waals surface area contributed by atoms with E-state index in [2.05, 4.69) is 36.9 Å². The Kier molecular flexibility index (Phi) is 6.63. The fraction of sp³-hybridized carbons (Fsp3) is 0.348. The summed E-state index contributed by atoms with van der Waals surface area (Å²) in [4.78, 5) is 17.0. The molecule has 160 valence electrons. The third-order valence-electron chi connectivity index (χ3n) is 5.59. The Bertz CT molecular complexity index is 1040. The normalized spacial score (nSPS) is 15.2. The number of hydrogen-bond donors (Lipinski definition) is 0. The van der Waals surface area contributed by atoms with Crippen molar-refractivity contribution >= 4 is 27.7 Å². The van der Waals surface area contributed by atoms with Crippen molar-refractivity contribution in [1.82, 2.24) is 9.21 Å². The van der Waals surface area contributed by atoms with Crippen LogP contribution in [0.4, 0.5) is 5.69 Å². The van der Waals surface area contributed by atoms with Crippen LogP contribution in [-0.4, -0.2) is 63.8 Å². The summed E-state index contributed by atoms with van der Waals surface area (Å²) >= 11 is 0. The fourth-order valence-corrected chi connectivity index (χ4v) is 4.38. The van der Waals surface area contributed by atoms with Gasteiger partial charge in [-0.2, -0.15) is 0 Å². The zero-order valence-electron chi connectivity index (χ0n) is 18.0. The minimum absolute atomic E-state index is 0.0272. The molecule has 2 aromatic rings.